The van der Waals surface area contributed by atoms with Crippen LogP contribution in [-0.2, 0) is 24.2 Å². The average Bonchev–Trinajstić information content (AvgIpc) is 3.44. The number of fused-ring (bicyclic) bond motifs is 3. The van der Waals surface area contributed by atoms with E-state index in [1.807, 2.05) is 42.0 Å². The highest BCUT2D eigenvalue weighted by Crippen LogP contribution is 2.39. The van der Waals surface area contributed by atoms with Gasteiger partial charge in [-0.05, 0) is 56.4 Å². The summed E-state index contributed by atoms with van der Waals surface area (Å²) in [7, 11) is 0. The number of aryl methyl sites for hydroxylation is 2. The van der Waals surface area contributed by atoms with Gasteiger partial charge in [-0.25, -0.2) is 14.4 Å². The molecule has 0 saturated carbocycles. The Morgan fingerprint density at radius 1 is 1.12 bits per heavy atom. The molecule has 2 aromatic heterocycles. The van der Waals surface area contributed by atoms with Crippen LogP contribution in [0.2, 0.25) is 0 Å². The number of hydrogen-bond donors (Lipinski definition) is 0. The van der Waals surface area contributed by atoms with Gasteiger partial charge in [-0.2, -0.15) is 5.10 Å². The molecule has 1 aromatic carbocycles. The predicted molar refractivity (Wildman–Crippen MR) is 120 cm³/mol. The van der Waals surface area contributed by atoms with Crippen molar-refractivity contribution in [3.8, 4) is 0 Å². The quantitative estimate of drug-likeness (QED) is 0.595. The molecule has 0 radical (unpaired) electrons. The molecule has 166 valence electrons. The molecule has 2 aliphatic heterocycles. The minimum absolute atomic E-state index is 0.0744. The standard InChI is InChI=1S/C24H27FN6O/c1-16(2)31-21-13-26-22(28-23(21)30-11-3-4-20(30)24(31)32)10-7-18-12-27-29(15-18)14-17-5-8-19(25)9-6-17/h5-6,8-9,12-13,15-16,20H,3-4,7,10-11,14H2,1-2H3/t20-/m0/s1. The predicted octanol–water partition coefficient (Wildman–Crippen LogP) is 3.37. The summed E-state index contributed by atoms with van der Waals surface area (Å²) in [5.41, 5.74) is 2.92. The molecular weight excluding hydrogens is 407 g/mol. The van der Waals surface area contributed by atoms with Crippen molar-refractivity contribution in [1.29, 1.82) is 0 Å². The van der Waals surface area contributed by atoms with E-state index in [1.54, 1.807) is 12.1 Å². The van der Waals surface area contributed by atoms with Gasteiger partial charge in [-0.3, -0.25) is 9.48 Å². The number of hydrogen-bond acceptors (Lipinski definition) is 5. The van der Waals surface area contributed by atoms with Crippen molar-refractivity contribution >= 4 is 17.4 Å². The van der Waals surface area contributed by atoms with Crippen LogP contribution in [0.4, 0.5) is 15.9 Å². The third-order valence-electron chi connectivity index (χ3n) is 6.21. The second-order valence-corrected chi connectivity index (χ2v) is 8.82. The number of carbonyl (C=O) groups is 1. The summed E-state index contributed by atoms with van der Waals surface area (Å²) >= 11 is 0. The molecule has 4 heterocycles. The molecule has 1 atom stereocenters. The molecular formula is C24H27FN6O. The molecule has 0 spiro atoms. The Morgan fingerprint density at radius 2 is 1.94 bits per heavy atom. The maximum absolute atomic E-state index is 13.1. The zero-order chi connectivity index (χ0) is 22.2. The number of rotatable bonds is 6. The monoisotopic (exact) mass is 434 g/mol. The maximum atomic E-state index is 13.1. The summed E-state index contributed by atoms with van der Waals surface area (Å²) in [6, 6.07) is 6.45. The van der Waals surface area contributed by atoms with Gasteiger partial charge in [0.25, 0.3) is 0 Å². The lowest BCUT2D eigenvalue weighted by molar-refractivity contribution is -0.120. The number of amides is 1. The van der Waals surface area contributed by atoms with E-state index in [9.17, 15) is 9.18 Å². The summed E-state index contributed by atoms with van der Waals surface area (Å²) in [4.78, 5) is 26.4. The van der Waals surface area contributed by atoms with Gasteiger partial charge in [-0.15, -0.1) is 0 Å². The van der Waals surface area contributed by atoms with E-state index < -0.39 is 0 Å². The van der Waals surface area contributed by atoms with Crippen LogP contribution in [0.15, 0.2) is 42.9 Å². The van der Waals surface area contributed by atoms with Gasteiger partial charge in [0.2, 0.25) is 5.91 Å². The van der Waals surface area contributed by atoms with Gasteiger partial charge in [0.15, 0.2) is 5.82 Å². The van der Waals surface area contributed by atoms with Crippen molar-refractivity contribution in [2.45, 2.75) is 58.2 Å². The largest absolute Gasteiger partial charge is 0.343 e. The van der Waals surface area contributed by atoms with E-state index in [2.05, 4.69) is 15.0 Å². The number of carbonyl (C=O) groups excluding carboxylic acids is 1. The average molecular weight is 435 g/mol. The molecule has 8 heteroatoms. The first-order chi connectivity index (χ1) is 15.5. The molecule has 2 aliphatic rings. The molecule has 0 aliphatic carbocycles. The number of nitrogens with zero attached hydrogens (tertiary/aromatic N) is 6. The Labute approximate surface area is 186 Å². The van der Waals surface area contributed by atoms with E-state index in [0.29, 0.717) is 13.0 Å². The van der Waals surface area contributed by atoms with Gasteiger partial charge >= 0.3 is 0 Å². The minimum atomic E-state index is -0.235. The van der Waals surface area contributed by atoms with Crippen LogP contribution in [0.1, 0.15) is 43.6 Å². The number of halogens is 1. The Hall–Kier alpha value is -3.29. The normalized spacial score (nSPS) is 17.8. The van der Waals surface area contributed by atoms with Crippen molar-refractivity contribution in [2.75, 3.05) is 16.3 Å². The summed E-state index contributed by atoms with van der Waals surface area (Å²) < 4.78 is 15.0. The van der Waals surface area contributed by atoms with E-state index in [-0.39, 0.29) is 23.8 Å². The smallest absolute Gasteiger partial charge is 0.250 e. The van der Waals surface area contributed by atoms with Crippen LogP contribution in [-0.4, -0.2) is 44.3 Å². The fourth-order valence-electron chi connectivity index (χ4n) is 4.65. The fourth-order valence-corrected chi connectivity index (χ4v) is 4.65. The van der Waals surface area contributed by atoms with Crippen molar-refractivity contribution in [3.05, 3.63) is 65.6 Å². The Morgan fingerprint density at radius 3 is 2.72 bits per heavy atom. The Bertz CT molecular complexity index is 1130. The molecule has 0 unspecified atom stereocenters. The van der Waals surface area contributed by atoms with Crippen LogP contribution >= 0.6 is 0 Å². The van der Waals surface area contributed by atoms with Crippen LogP contribution in [0.5, 0.6) is 0 Å². The molecule has 0 N–H and O–H groups in total. The highest BCUT2D eigenvalue weighted by molar-refractivity contribution is 6.05. The second kappa shape index (κ2) is 8.33. The van der Waals surface area contributed by atoms with Crippen LogP contribution < -0.4 is 9.80 Å². The van der Waals surface area contributed by atoms with E-state index in [0.717, 1.165) is 54.3 Å². The highest BCUT2D eigenvalue weighted by atomic mass is 19.1. The minimum Gasteiger partial charge on any atom is -0.343 e. The van der Waals surface area contributed by atoms with E-state index in [4.69, 9.17) is 4.98 Å². The Balaban J connectivity index is 1.30. The van der Waals surface area contributed by atoms with Gasteiger partial charge in [0, 0.05) is 25.2 Å². The molecule has 1 fully saturated rings. The Kier molecular flexibility index (Phi) is 5.36. The number of aromatic nitrogens is 4. The lowest BCUT2D eigenvalue weighted by Crippen LogP contribution is -2.53. The molecule has 1 saturated heterocycles. The lowest BCUT2D eigenvalue weighted by atomic mass is 10.1. The van der Waals surface area contributed by atoms with Gasteiger partial charge in [-0.1, -0.05) is 12.1 Å². The maximum Gasteiger partial charge on any atom is 0.250 e. The fraction of sp³-hybridized carbons (Fsp3) is 0.417. The number of benzene rings is 1. The highest BCUT2D eigenvalue weighted by Gasteiger charge is 2.42. The molecule has 3 aromatic rings. The summed E-state index contributed by atoms with van der Waals surface area (Å²) in [6.07, 6.45) is 9.04. The van der Waals surface area contributed by atoms with Crippen molar-refractivity contribution in [2.24, 2.45) is 0 Å². The third-order valence-corrected chi connectivity index (χ3v) is 6.21. The molecule has 5 rings (SSSR count). The van der Waals surface area contributed by atoms with Crippen molar-refractivity contribution in [1.82, 2.24) is 19.7 Å². The van der Waals surface area contributed by atoms with E-state index in [1.165, 1.54) is 12.1 Å². The lowest BCUT2D eigenvalue weighted by Gasteiger charge is -2.40. The third kappa shape index (κ3) is 3.85. The van der Waals surface area contributed by atoms with Gasteiger partial charge in [0.05, 0.1) is 18.9 Å². The molecule has 0 bridgehead atoms. The van der Waals surface area contributed by atoms with Crippen LogP contribution in [0.25, 0.3) is 0 Å². The van der Waals surface area contributed by atoms with Gasteiger partial charge < -0.3 is 9.80 Å². The van der Waals surface area contributed by atoms with Crippen molar-refractivity contribution < 1.29 is 9.18 Å². The summed E-state index contributed by atoms with van der Waals surface area (Å²) in [5.74, 6) is 1.59. The molecule has 7 nitrogen and oxygen atoms in total. The SMILES string of the molecule is CC(C)N1C(=O)[C@@H]2CCCN2c2nc(CCc3cnn(Cc4ccc(F)cc4)c3)ncc21. The first-order valence-corrected chi connectivity index (χ1v) is 11.2. The second-order valence-electron chi connectivity index (χ2n) is 8.82. The van der Waals surface area contributed by atoms with Crippen LogP contribution in [0, 0.1) is 5.82 Å². The molecule has 32 heavy (non-hydrogen) atoms. The first kappa shape index (κ1) is 20.6. The van der Waals surface area contributed by atoms with E-state index >= 15 is 0 Å². The number of anilines is 2. The first-order valence-electron chi connectivity index (χ1n) is 11.2. The zero-order valence-electron chi connectivity index (χ0n) is 18.4. The van der Waals surface area contributed by atoms with Gasteiger partial charge in [0.1, 0.15) is 23.4 Å². The topological polar surface area (TPSA) is 67.2 Å². The summed E-state index contributed by atoms with van der Waals surface area (Å²) in [6.45, 7) is 5.53. The molecule has 1 amide bonds. The zero-order valence-corrected chi connectivity index (χ0v) is 18.4. The summed E-state index contributed by atoms with van der Waals surface area (Å²) in [5, 5.41) is 4.43. The van der Waals surface area contributed by atoms with Crippen molar-refractivity contribution in [3.63, 3.8) is 0 Å². The van der Waals surface area contributed by atoms with Crippen LogP contribution in [0.3, 0.4) is 0 Å².